The third kappa shape index (κ3) is 3.05. The maximum atomic E-state index is 12.8. The Balaban J connectivity index is 1.74. The van der Waals surface area contributed by atoms with Crippen molar-refractivity contribution in [3.05, 3.63) is 58.6 Å². The first kappa shape index (κ1) is 17.6. The van der Waals surface area contributed by atoms with Gasteiger partial charge in [-0.2, -0.15) is 9.78 Å². The molecule has 2 N–H and O–H groups in total. The zero-order valence-corrected chi connectivity index (χ0v) is 15.3. The molecule has 142 valence electrons. The van der Waals surface area contributed by atoms with Crippen LogP contribution in [0, 0.1) is 0 Å². The minimum Gasteiger partial charge on any atom is -0.504 e. The van der Waals surface area contributed by atoms with Crippen molar-refractivity contribution >= 4 is 28.2 Å². The van der Waals surface area contributed by atoms with Gasteiger partial charge in [0.2, 0.25) is 0 Å². The van der Waals surface area contributed by atoms with Gasteiger partial charge in [0.05, 0.1) is 19.9 Å². The van der Waals surface area contributed by atoms with Crippen molar-refractivity contribution in [1.82, 2.24) is 14.6 Å². The average molecular weight is 378 g/mol. The van der Waals surface area contributed by atoms with Gasteiger partial charge >= 0.3 is 0 Å². The molecule has 2 heterocycles. The smallest absolute Gasteiger partial charge is 0.298 e. The molecule has 28 heavy (non-hydrogen) atoms. The van der Waals surface area contributed by atoms with Gasteiger partial charge in [0.25, 0.3) is 5.56 Å². The van der Waals surface area contributed by atoms with Crippen molar-refractivity contribution < 1.29 is 14.6 Å². The summed E-state index contributed by atoms with van der Waals surface area (Å²) in [5.41, 5.74) is 2.08. The SMILES string of the molecule is CCOc1cc(C=Nn2cnc3c([nH]c4ccc(OC)cc43)c2=O)ccc1O. The summed E-state index contributed by atoms with van der Waals surface area (Å²) >= 11 is 0. The van der Waals surface area contributed by atoms with E-state index in [0.29, 0.717) is 34.7 Å². The highest BCUT2D eigenvalue weighted by molar-refractivity contribution is 6.04. The minimum atomic E-state index is -0.319. The van der Waals surface area contributed by atoms with Crippen LogP contribution in [0.1, 0.15) is 12.5 Å². The molecule has 0 aliphatic heterocycles. The maximum Gasteiger partial charge on any atom is 0.298 e. The van der Waals surface area contributed by atoms with Crippen LogP contribution in [-0.2, 0) is 0 Å². The Bertz CT molecular complexity index is 1260. The number of aromatic amines is 1. The van der Waals surface area contributed by atoms with Crippen molar-refractivity contribution in [3.8, 4) is 17.2 Å². The summed E-state index contributed by atoms with van der Waals surface area (Å²) in [4.78, 5) is 20.2. The number of nitrogens with zero attached hydrogens (tertiary/aromatic N) is 3. The normalized spacial score (nSPS) is 11.5. The molecule has 0 bridgehead atoms. The van der Waals surface area contributed by atoms with Crippen molar-refractivity contribution in [1.29, 1.82) is 0 Å². The molecule has 8 heteroatoms. The van der Waals surface area contributed by atoms with Crippen LogP contribution in [0.2, 0.25) is 0 Å². The minimum absolute atomic E-state index is 0.0488. The van der Waals surface area contributed by atoms with E-state index in [0.717, 1.165) is 15.6 Å². The van der Waals surface area contributed by atoms with Gasteiger partial charge in [0.1, 0.15) is 23.1 Å². The Kier molecular flexibility index (Phi) is 4.44. The second kappa shape index (κ2) is 7.07. The maximum absolute atomic E-state index is 12.8. The molecular weight excluding hydrogens is 360 g/mol. The fourth-order valence-electron chi connectivity index (χ4n) is 2.95. The molecular formula is C20H18N4O4. The monoisotopic (exact) mass is 378 g/mol. The number of H-pyrrole nitrogens is 1. The van der Waals surface area contributed by atoms with Crippen LogP contribution in [0.3, 0.4) is 0 Å². The zero-order chi connectivity index (χ0) is 19.7. The molecule has 0 saturated heterocycles. The number of fused-ring (bicyclic) bond motifs is 3. The van der Waals surface area contributed by atoms with E-state index in [9.17, 15) is 9.90 Å². The molecule has 0 radical (unpaired) electrons. The van der Waals surface area contributed by atoms with Gasteiger partial charge < -0.3 is 19.6 Å². The molecule has 8 nitrogen and oxygen atoms in total. The first-order valence-corrected chi connectivity index (χ1v) is 8.68. The lowest BCUT2D eigenvalue weighted by atomic mass is 10.2. The molecule has 0 saturated carbocycles. The van der Waals surface area contributed by atoms with E-state index in [2.05, 4.69) is 15.1 Å². The van der Waals surface area contributed by atoms with E-state index < -0.39 is 0 Å². The van der Waals surface area contributed by atoms with Gasteiger partial charge in [0, 0.05) is 10.9 Å². The number of hydrogen-bond donors (Lipinski definition) is 2. The lowest BCUT2D eigenvalue weighted by Gasteiger charge is -2.06. The van der Waals surface area contributed by atoms with Gasteiger partial charge in [-0.15, -0.1) is 0 Å². The molecule has 4 aromatic rings. The lowest BCUT2D eigenvalue weighted by Crippen LogP contribution is -2.17. The van der Waals surface area contributed by atoms with Crippen LogP contribution in [-0.4, -0.2) is 39.7 Å². The largest absolute Gasteiger partial charge is 0.504 e. The molecule has 4 rings (SSSR count). The van der Waals surface area contributed by atoms with E-state index in [1.165, 1.54) is 18.6 Å². The molecule has 0 unspecified atom stereocenters. The third-order valence-corrected chi connectivity index (χ3v) is 4.31. The number of aromatic hydroxyl groups is 1. The zero-order valence-electron chi connectivity index (χ0n) is 15.3. The van der Waals surface area contributed by atoms with Crippen molar-refractivity contribution in [2.24, 2.45) is 5.10 Å². The number of hydrogen-bond acceptors (Lipinski definition) is 6. The summed E-state index contributed by atoms with van der Waals surface area (Å²) in [5.74, 6) is 1.10. The molecule has 0 amide bonds. The number of methoxy groups -OCH3 is 1. The summed E-state index contributed by atoms with van der Waals surface area (Å²) < 4.78 is 11.8. The number of rotatable bonds is 5. The molecule has 0 spiro atoms. The summed E-state index contributed by atoms with van der Waals surface area (Å²) in [6, 6.07) is 10.3. The van der Waals surface area contributed by atoms with Crippen LogP contribution < -0.4 is 15.0 Å². The molecule has 0 aliphatic rings. The van der Waals surface area contributed by atoms with Gasteiger partial charge in [-0.1, -0.05) is 0 Å². The molecule has 0 fully saturated rings. The van der Waals surface area contributed by atoms with E-state index in [1.807, 2.05) is 25.1 Å². The van der Waals surface area contributed by atoms with Gasteiger partial charge in [0.15, 0.2) is 11.5 Å². The molecule has 2 aromatic heterocycles. The second-order valence-corrected chi connectivity index (χ2v) is 6.06. The predicted octanol–water partition coefficient (Wildman–Crippen LogP) is 2.87. The fraction of sp³-hybridized carbons (Fsp3) is 0.150. The van der Waals surface area contributed by atoms with Gasteiger partial charge in [-0.05, 0) is 48.9 Å². The second-order valence-electron chi connectivity index (χ2n) is 6.06. The first-order valence-electron chi connectivity index (χ1n) is 8.68. The number of ether oxygens (including phenoxy) is 2. The Morgan fingerprint density at radius 3 is 2.93 bits per heavy atom. The van der Waals surface area contributed by atoms with Crippen molar-refractivity contribution in [2.75, 3.05) is 13.7 Å². The van der Waals surface area contributed by atoms with Gasteiger partial charge in [-0.25, -0.2) is 4.98 Å². The predicted molar refractivity (Wildman–Crippen MR) is 107 cm³/mol. The highest BCUT2D eigenvalue weighted by Gasteiger charge is 2.11. The number of benzene rings is 2. The fourth-order valence-corrected chi connectivity index (χ4v) is 2.95. The van der Waals surface area contributed by atoms with E-state index in [4.69, 9.17) is 9.47 Å². The number of phenols is 1. The summed E-state index contributed by atoms with van der Waals surface area (Å²) in [6.45, 7) is 2.26. The highest BCUT2D eigenvalue weighted by Crippen LogP contribution is 2.27. The van der Waals surface area contributed by atoms with Crippen LogP contribution >= 0.6 is 0 Å². The first-order chi connectivity index (χ1) is 13.6. The standard InChI is InChI=1S/C20H18N4O4/c1-3-28-17-8-12(4-7-16(17)25)10-22-24-11-21-18-14-9-13(27-2)5-6-15(14)23-19(18)20(24)26/h4-11,23,25H,3H2,1-2H3. The average Bonchev–Trinajstić information content (AvgIpc) is 3.08. The summed E-state index contributed by atoms with van der Waals surface area (Å²) in [7, 11) is 1.59. The van der Waals surface area contributed by atoms with Crippen LogP contribution in [0.5, 0.6) is 17.2 Å². The Morgan fingerprint density at radius 2 is 2.14 bits per heavy atom. The molecule has 2 aromatic carbocycles. The van der Waals surface area contributed by atoms with Crippen LogP contribution in [0.25, 0.3) is 21.9 Å². The van der Waals surface area contributed by atoms with Gasteiger partial charge in [-0.3, -0.25) is 4.79 Å². The Labute approximate surface area is 159 Å². The molecule has 0 aliphatic carbocycles. The lowest BCUT2D eigenvalue weighted by molar-refractivity contribution is 0.318. The quantitative estimate of drug-likeness (QED) is 0.520. The molecule has 0 atom stereocenters. The van der Waals surface area contributed by atoms with Crippen molar-refractivity contribution in [3.63, 3.8) is 0 Å². The summed E-state index contributed by atoms with van der Waals surface area (Å²) in [5, 5.41) is 14.8. The van der Waals surface area contributed by atoms with Crippen LogP contribution in [0.4, 0.5) is 0 Å². The van der Waals surface area contributed by atoms with E-state index in [1.54, 1.807) is 19.2 Å². The summed E-state index contributed by atoms with van der Waals surface area (Å²) in [6.07, 6.45) is 2.88. The third-order valence-electron chi connectivity index (χ3n) is 4.31. The number of aromatic nitrogens is 3. The number of phenolic OH excluding ortho intramolecular Hbond substituents is 1. The Hall–Kier alpha value is -3.81. The number of nitrogens with one attached hydrogen (secondary N) is 1. The highest BCUT2D eigenvalue weighted by atomic mass is 16.5. The van der Waals surface area contributed by atoms with Crippen molar-refractivity contribution in [2.45, 2.75) is 6.92 Å². The topological polar surface area (TPSA) is 102 Å². The van der Waals surface area contributed by atoms with E-state index >= 15 is 0 Å². The Morgan fingerprint density at radius 1 is 1.29 bits per heavy atom. The van der Waals surface area contributed by atoms with Crippen LogP contribution in [0.15, 0.2) is 52.6 Å². The van der Waals surface area contributed by atoms with E-state index in [-0.39, 0.29) is 11.3 Å².